The van der Waals surface area contributed by atoms with Crippen molar-refractivity contribution in [2.45, 2.75) is 13.0 Å². The fourth-order valence-corrected chi connectivity index (χ4v) is 2.39. The number of hydrogen-bond donors (Lipinski definition) is 2. The molecule has 0 aliphatic rings. The Labute approximate surface area is 119 Å². The molecule has 1 aromatic heterocycles. The van der Waals surface area contributed by atoms with Gasteiger partial charge >= 0.3 is 0 Å². The largest absolute Gasteiger partial charge is 0.324 e. The highest BCUT2D eigenvalue weighted by molar-refractivity contribution is 9.10. The number of halogens is 1. The summed E-state index contributed by atoms with van der Waals surface area (Å²) >= 11 is 3.39. The molecule has 1 amide bonds. The third-order valence-electron chi connectivity index (χ3n) is 2.68. The minimum absolute atomic E-state index is 0.259. The Balaban J connectivity index is 2.12. The maximum absolute atomic E-state index is 12.1. The molecule has 2 aromatic rings. The lowest BCUT2D eigenvalue weighted by Gasteiger charge is -2.11. The van der Waals surface area contributed by atoms with E-state index in [1.807, 2.05) is 25.1 Å². The van der Waals surface area contributed by atoms with Crippen molar-refractivity contribution < 1.29 is 4.79 Å². The van der Waals surface area contributed by atoms with Crippen LogP contribution in [-0.2, 0) is 11.8 Å². The van der Waals surface area contributed by atoms with E-state index in [0.29, 0.717) is 5.56 Å². The molecule has 0 saturated carbocycles. The Hall–Kier alpha value is -1.66. The summed E-state index contributed by atoms with van der Waals surface area (Å²) < 4.78 is 2.53. The third-order valence-corrected chi connectivity index (χ3v) is 3.13. The number of carbonyl (C=O) groups excluding carboxylic acids is 1. The van der Waals surface area contributed by atoms with E-state index in [4.69, 9.17) is 5.73 Å². The number of aryl methyl sites for hydroxylation is 2. The van der Waals surface area contributed by atoms with Gasteiger partial charge in [-0.2, -0.15) is 5.10 Å². The highest BCUT2D eigenvalue weighted by Gasteiger charge is 2.17. The molecular formula is C13H15BrN4O. The normalized spacial score (nSPS) is 12.2. The second-order valence-electron chi connectivity index (χ2n) is 4.43. The number of amides is 1. The molecule has 0 aliphatic carbocycles. The van der Waals surface area contributed by atoms with Gasteiger partial charge < -0.3 is 11.1 Å². The van der Waals surface area contributed by atoms with E-state index >= 15 is 0 Å². The molecule has 1 aromatic carbocycles. The number of anilines is 1. The summed E-state index contributed by atoms with van der Waals surface area (Å²) in [5.41, 5.74) is 8.36. The topological polar surface area (TPSA) is 72.9 Å². The van der Waals surface area contributed by atoms with Crippen molar-refractivity contribution in [2.24, 2.45) is 12.8 Å². The number of benzene rings is 1. The minimum Gasteiger partial charge on any atom is -0.324 e. The van der Waals surface area contributed by atoms with E-state index in [2.05, 4.69) is 26.3 Å². The monoisotopic (exact) mass is 322 g/mol. The Morgan fingerprint density at radius 3 is 2.79 bits per heavy atom. The van der Waals surface area contributed by atoms with Gasteiger partial charge in [0.05, 0.1) is 6.20 Å². The SMILES string of the molecule is Cc1cc(Br)cc(NC(=O)C(N)c2cnn(C)c2)c1. The van der Waals surface area contributed by atoms with Crippen molar-refractivity contribution in [1.29, 1.82) is 0 Å². The lowest BCUT2D eigenvalue weighted by atomic mass is 10.1. The van der Waals surface area contributed by atoms with Gasteiger partial charge in [-0.1, -0.05) is 15.9 Å². The summed E-state index contributed by atoms with van der Waals surface area (Å²) in [6.07, 6.45) is 3.33. The molecule has 0 bridgehead atoms. The fraction of sp³-hybridized carbons (Fsp3) is 0.231. The Bertz CT molecular complexity index is 588. The molecule has 0 spiro atoms. The van der Waals surface area contributed by atoms with Crippen LogP contribution in [0.25, 0.3) is 0 Å². The summed E-state index contributed by atoms with van der Waals surface area (Å²) in [7, 11) is 1.78. The Morgan fingerprint density at radius 2 is 2.21 bits per heavy atom. The molecule has 2 rings (SSSR count). The Morgan fingerprint density at radius 1 is 1.47 bits per heavy atom. The van der Waals surface area contributed by atoms with Crippen LogP contribution in [-0.4, -0.2) is 15.7 Å². The first-order valence-electron chi connectivity index (χ1n) is 5.78. The predicted octanol–water partition coefficient (Wildman–Crippen LogP) is 2.13. The molecule has 1 atom stereocenters. The molecule has 5 nitrogen and oxygen atoms in total. The van der Waals surface area contributed by atoms with Gasteiger partial charge in [-0.3, -0.25) is 9.48 Å². The van der Waals surface area contributed by atoms with Crippen LogP contribution < -0.4 is 11.1 Å². The smallest absolute Gasteiger partial charge is 0.246 e. The molecule has 3 N–H and O–H groups in total. The van der Waals surface area contributed by atoms with Crippen molar-refractivity contribution in [3.63, 3.8) is 0 Å². The second-order valence-corrected chi connectivity index (χ2v) is 5.35. The van der Waals surface area contributed by atoms with Gasteiger partial charge in [0.2, 0.25) is 5.91 Å². The van der Waals surface area contributed by atoms with Crippen LogP contribution >= 0.6 is 15.9 Å². The van der Waals surface area contributed by atoms with Crippen molar-refractivity contribution in [1.82, 2.24) is 9.78 Å². The van der Waals surface area contributed by atoms with E-state index in [9.17, 15) is 4.79 Å². The lowest BCUT2D eigenvalue weighted by Crippen LogP contribution is -2.27. The first-order valence-corrected chi connectivity index (χ1v) is 6.57. The summed E-state index contributed by atoms with van der Waals surface area (Å²) in [6, 6.07) is 4.96. The van der Waals surface area contributed by atoms with Crippen molar-refractivity contribution in [3.05, 3.63) is 46.2 Å². The Kier molecular flexibility index (Phi) is 4.01. The zero-order chi connectivity index (χ0) is 14.0. The van der Waals surface area contributed by atoms with Gasteiger partial charge in [0.15, 0.2) is 0 Å². The molecule has 1 heterocycles. The number of aromatic nitrogens is 2. The van der Waals surface area contributed by atoms with Crippen LogP contribution in [0.5, 0.6) is 0 Å². The predicted molar refractivity (Wildman–Crippen MR) is 77.6 cm³/mol. The minimum atomic E-state index is -0.729. The molecule has 0 saturated heterocycles. The quantitative estimate of drug-likeness (QED) is 0.909. The number of nitrogens with zero attached hydrogens (tertiary/aromatic N) is 2. The van der Waals surface area contributed by atoms with Crippen molar-refractivity contribution in [2.75, 3.05) is 5.32 Å². The molecule has 1 unspecified atom stereocenters. The highest BCUT2D eigenvalue weighted by Crippen LogP contribution is 2.20. The summed E-state index contributed by atoms with van der Waals surface area (Å²) in [5, 5.41) is 6.80. The van der Waals surface area contributed by atoms with Crippen molar-refractivity contribution >= 4 is 27.5 Å². The van der Waals surface area contributed by atoms with Crippen LogP contribution in [0.2, 0.25) is 0 Å². The molecule has 0 aliphatic heterocycles. The summed E-state index contributed by atoms with van der Waals surface area (Å²) in [4.78, 5) is 12.1. The molecule has 6 heteroatoms. The van der Waals surface area contributed by atoms with Crippen LogP contribution in [0.3, 0.4) is 0 Å². The van der Waals surface area contributed by atoms with Gasteiger partial charge in [0.25, 0.3) is 0 Å². The average Bonchev–Trinajstić information content (AvgIpc) is 2.73. The number of rotatable bonds is 3. The first kappa shape index (κ1) is 13.8. The van der Waals surface area contributed by atoms with E-state index < -0.39 is 6.04 Å². The highest BCUT2D eigenvalue weighted by atomic mass is 79.9. The lowest BCUT2D eigenvalue weighted by molar-refractivity contribution is -0.117. The van der Waals surface area contributed by atoms with Crippen LogP contribution in [0, 0.1) is 6.92 Å². The number of nitrogens with one attached hydrogen (secondary N) is 1. The number of hydrogen-bond acceptors (Lipinski definition) is 3. The summed E-state index contributed by atoms with van der Waals surface area (Å²) in [5.74, 6) is -0.259. The molecule has 100 valence electrons. The van der Waals surface area contributed by atoms with Gasteiger partial charge in [0.1, 0.15) is 6.04 Å². The van der Waals surface area contributed by atoms with Crippen LogP contribution in [0.1, 0.15) is 17.2 Å². The van der Waals surface area contributed by atoms with E-state index in [0.717, 1.165) is 15.7 Å². The zero-order valence-electron chi connectivity index (χ0n) is 10.7. The van der Waals surface area contributed by atoms with Gasteiger partial charge in [-0.05, 0) is 30.7 Å². The average molecular weight is 323 g/mol. The molecular weight excluding hydrogens is 308 g/mol. The number of carbonyl (C=O) groups is 1. The maximum atomic E-state index is 12.1. The zero-order valence-corrected chi connectivity index (χ0v) is 12.3. The third kappa shape index (κ3) is 3.42. The van der Waals surface area contributed by atoms with Crippen molar-refractivity contribution in [3.8, 4) is 0 Å². The molecule has 0 radical (unpaired) electrons. The van der Waals surface area contributed by atoms with Crippen LogP contribution in [0.15, 0.2) is 35.1 Å². The fourth-order valence-electron chi connectivity index (χ4n) is 1.78. The van der Waals surface area contributed by atoms with Crippen LogP contribution in [0.4, 0.5) is 5.69 Å². The summed E-state index contributed by atoms with van der Waals surface area (Å²) in [6.45, 7) is 1.96. The standard InChI is InChI=1S/C13H15BrN4O/c1-8-3-10(14)5-11(4-8)17-13(19)12(15)9-6-16-18(2)7-9/h3-7,12H,15H2,1-2H3,(H,17,19). The maximum Gasteiger partial charge on any atom is 0.246 e. The van der Waals surface area contributed by atoms with E-state index in [-0.39, 0.29) is 5.91 Å². The van der Waals surface area contributed by atoms with Gasteiger partial charge in [-0.25, -0.2) is 0 Å². The first-order chi connectivity index (χ1) is 8.95. The second kappa shape index (κ2) is 5.54. The van der Waals surface area contributed by atoms with E-state index in [1.54, 1.807) is 24.1 Å². The van der Waals surface area contributed by atoms with Gasteiger partial charge in [0, 0.05) is 29.0 Å². The van der Waals surface area contributed by atoms with E-state index in [1.165, 1.54) is 0 Å². The molecule has 19 heavy (non-hydrogen) atoms. The van der Waals surface area contributed by atoms with Gasteiger partial charge in [-0.15, -0.1) is 0 Å². The number of nitrogens with two attached hydrogens (primary N) is 1. The molecule has 0 fully saturated rings.